The standard InChI is InChI=1S/C19H16ClFN2O4S2/c20-12-5-7-13(8-6-12)27-9-18(24)22-19-23(15-4-2-1-3-14(15)21)16-10-29(25,26)11-17(16)28-19/h1-8,16-17H,9-11H2/t16-,17-/m1/s1. The van der Waals surface area contributed by atoms with E-state index < -0.39 is 27.6 Å². The predicted molar refractivity (Wildman–Crippen MR) is 112 cm³/mol. The molecule has 10 heteroatoms. The number of thioether (sulfide) groups is 1. The summed E-state index contributed by atoms with van der Waals surface area (Å²) >= 11 is 7.00. The molecule has 0 N–H and O–H groups in total. The summed E-state index contributed by atoms with van der Waals surface area (Å²) in [5, 5.41) is 0.529. The largest absolute Gasteiger partial charge is 0.484 e. The molecule has 2 heterocycles. The van der Waals surface area contributed by atoms with Gasteiger partial charge in [-0.1, -0.05) is 35.5 Å². The number of fused-ring (bicyclic) bond motifs is 1. The fourth-order valence-electron chi connectivity index (χ4n) is 3.31. The summed E-state index contributed by atoms with van der Waals surface area (Å²) in [6, 6.07) is 12.1. The Morgan fingerprint density at radius 1 is 1.21 bits per heavy atom. The SMILES string of the molecule is O=C(COc1ccc(Cl)cc1)N=C1S[C@@H]2CS(=O)(=O)C[C@H]2N1c1ccccc1F. The molecular formula is C19H16ClFN2O4S2. The number of nitrogens with zero attached hydrogens (tertiary/aromatic N) is 2. The van der Waals surface area contributed by atoms with Gasteiger partial charge in [0.05, 0.1) is 23.2 Å². The van der Waals surface area contributed by atoms with Crippen molar-refractivity contribution in [2.75, 3.05) is 23.0 Å². The number of ether oxygens (including phenoxy) is 1. The molecule has 0 radical (unpaired) electrons. The van der Waals surface area contributed by atoms with Gasteiger partial charge in [-0.2, -0.15) is 4.99 Å². The highest BCUT2D eigenvalue weighted by Crippen LogP contribution is 2.41. The quantitative estimate of drug-likeness (QED) is 0.706. The number of carbonyl (C=O) groups excluding carboxylic acids is 1. The second-order valence-corrected chi connectivity index (χ2v) is 10.4. The maximum atomic E-state index is 14.4. The lowest BCUT2D eigenvalue weighted by atomic mass is 10.2. The van der Waals surface area contributed by atoms with Crippen LogP contribution in [0.3, 0.4) is 0 Å². The van der Waals surface area contributed by atoms with Gasteiger partial charge in [-0.15, -0.1) is 0 Å². The van der Waals surface area contributed by atoms with Gasteiger partial charge in [0, 0.05) is 10.3 Å². The zero-order chi connectivity index (χ0) is 20.6. The van der Waals surface area contributed by atoms with Crippen LogP contribution in [0.5, 0.6) is 5.75 Å². The van der Waals surface area contributed by atoms with Gasteiger partial charge in [0.25, 0.3) is 5.91 Å². The Hall–Kier alpha value is -2.10. The van der Waals surface area contributed by atoms with Crippen LogP contribution >= 0.6 is 23.4 Å². The smallest absolute Gasteiger partial charge is 0.285 e. The number of aliphatic imine (C=N–C) groups is 1. The van der Waals surface area contributed by atoms with Crippen molar-refractivity contribution in [1.29, 1.82) is 0 Å². The molecule has 0 aliphatic carbocycles. The van der Waals surface area contributed by atoms with E-state index in [1.807, 2.05) is 0 Å². The first-order valence-corrected chi connectivity index (χ1v) is 11.8. The van der Waals surface area contributed by atoms with Gasteiger partial charge in [-0.25, -0.2) is 12.8 Å². The number of sulfone groups is 1. The maximum Gasteiger partial charge on any atom is 0.285 e. The number of anilines is 1. The molecular weight excluding hydrogens is 439 g/mol. The van der Waals surface area contributed by atoms with Crippen LogP contribution in [0, 0.1) is 5.82 Å². The van der Waals surface area contributed by atoms with Gasteiger partial charge in [-0.3, -0.25) is 4.79 Å². The van der Waals surface area contributed by atoms with E-state index in [0.29, 0.717) is 10.8 Å². The first-order valence-electron chi connectivity index (χ1n) is 8.73. The highest BCUT2D eigenvalue weighted by atomic mass is 35.5. The summed E-state index contributed by atoms with van der Waals surface area (Å²) in [4.78, 5) is 18.0. The first kappa shape index (κ1) is 20.2. The number of amidine groups is 1. The van der Waals surface area contributed by atoms with Gasteiger partial charge in [0.15, 0.2) is 21.6 Å². The van der Waals surface area contributed by atoms with Gasteiger partial charge >= 0.3 is 0 Å². The number of carbonyl (C=O) groups is 1. The lowest BCUT2D eigenvalue weighted by molar-refractivity contribution is -0.119. The van der Waals surface area contributed by atoms with Crippen LogP contribution in [0.25, 0.3) is 0 Å². The van der Waals surface area contributed by atoms with Crippen molar-refractivity contribution < 1.29 is 22.3 Å². The van der Waals surface area contributed by atoms with Crippen molar-refractivity contribution in [3.05, 3.63) is 59.4 Å². The molecule has 2 saturated heterocycles. The summed E-state index contributed by atoms with van der Waals surface area (Å²) in [6.07, 6.45) is 0. The fraction of sp³-hybridized carbons (Fsp3) is 0.263. The molecule has 0 bridgehead atoms. The van der Waals surface area contributed by atoms with Crippen LogP contribution in [0.2, 0.25) is 5.02 Å². The van der Waals surface area contributed by atoms with Gasteiger partial charge < -0.3 is 9.64 Å². The van der Waals surface area contributed by atoms with E-state index in [-0.39, 0.29) is 34.2 Å². The molecule has 152 valence electrons. The van der Waals surface area contributed by atoms with Crippen LogP contribution in [0.15, 0.2) is 53.5 Å². The molecule has 2 aromatic carbocycles. The predicted octanol–water partition coefficient (Wildman–Crippen LogP) is 3.16. The van der Waals surface area contributed by atoms with Crippen molar-refractivity contribution in [3.63, 3.8) is 0 Å². The minimum absolute atomic E-state index is 0.0260. The Morgan fingerprint density at radius 2 is 1.93 bits per heavy atom. The zero-order valence-corrected chi connectivity index (χ0v) is 17.4. The van der Waals surface area contributed by atoms with E-state index in [1.165, 1.54) is 22.7 Å². The van der Waals surface area contributed by atoms with Crippen LogP contribution in [-0.2, 0) is 14.6 Å². The summed E-state index contributed by atoms with van der Waals surface area (Å²) in [6.45, 7) is -0.301. The average Bonchev–Trinajstić information content (AvgIpc) is 3.13. The zero-order valence-electron chi connectivity index (χ0n) is 15.0. The lowest BCUT2D eigenvalue weighted by Gasteiger charge is -2.24. The highest BCUT2D eigenvalue weighted by molar-refractivity contribution is 8.16. The van der Waals surface area contributed by atoms with E-state index in [2.05, 4.69) is 4.99 Å². The van der Waals surface area contributed by atoms with Crippen LogP contribution in [0.1, 0.15) is 0 Å². The third-order valence-electron chi connectivity index (χ3n) is 4.57. The summed E-state index contributed by atoms with van der Waals surface area (Å²) in [5.41, 5.74) is 0.203. The van der Waals surface area contributed by atoms with Crippen molar-refractivity contribution >= 4 is 50.0 Å². The molecule has 29 heavy (non-hydrogen) atoms. The average molecular weight is 455 g/mol. The molecule has 1 amide bonds. The van der Waals surface area contributed by atoms with E-state index in [1.54, 1.807) is 42.5 Å². The number of hydrogen-bond acceptors (Lipinski definition) is 5. The van der Waals surface area contributed by atoms with E-state index in [4.69, 9.17) is 16.3 Å². The molecule has 0 unspecified atom stereocenters. The van der Waals surface area contributed by atoms with Crippen molar-refractivity contribution in [3.8, 4) is 5.75 Å². The molecule has 2 aromatic rings. The Morgan fingerprint density at radius 3 is 2.66 bits per heavy atom. The lowest BCUT2D eigenvalue weighted by Crippen LogP contribution is -2.38. The summed E-state index contributed by atoms with van der Waals surface area (Å²) in [5.74, 6) is -0.715. The first-order chi connectivity index (χ1) is 13.8. The summed E-state index contributed by atoms with van der Waals surface area (Å²) in [7, 11) is -3.22. The van der Waals surface area contributed by atoms with E-state index in [0.717, 1.165) is 0 Å². The number of para-hydroxylation sites is 1. The number of amides is 1. The number of benzene rings is 2. The molecule has 0 aromatic heterocycles. The monoisotopic (exact) mass is 454 g/mol. The molecule has 2 atom stereocenters. The maximum absolute atomic E-state index is 14.4. The second-order valence-electron chi connectivity index (χ2n) is 6.65. The highest BCUT2D eigenvalue weighted by Gasteiger charge is 2.49. The van der Waals surface area contributed by atoms with E-state index in [9.17, 15) is 17.6 Å². The molecule has 6 nitrogen and oxygen atoms in total. The second kappa shape index (κ2) is 7.97. The number of rotatable bonds is 4. The minimum Gasteiger partial charge on any atom is -0.484 e. The van der Waals surface area contributed by atoms with Crippen LogP contribution in [-0.4, -0.2) is 48.9 Å². The third kappa shape index (κ3) is 4.41. The Bertz CT molecular complexity index is 1080. The van der Waals surface area contributed by atoms with Crippen molar-refractivity contribution in [2.24, 2.45) is 4.99 Å². The number of halogens is 2. The molecule has 0 spiro atoms. The fourth-order valence-corrected chi connectivity index (χ4v) is 7.36. The molecule has 0 saturated carbocycles. The molecule has 2 aliphatic heterocycles. The molecule has 2 fully saturated rings. The molecule has 4 rings (SSSR count). The van der Waals surface area contributed by atoms with Crippen LogP contribution < -0.4 is 9.64 Å². The topological polar surface area (TPSA) is 76.0 Å². The normalized spacial score (nSPS) is 23.9. The van der Waals surface area contributed by atoms with Gasteiger partial charge in [-0.05, 0) is 36.4 Å². The third-order valence-corrected chi connectivity index (χ3v) is 8.04. The number of hydrogen-bond donors (Lipinski definition) is 0. The molecule has 2 aliphatic rings. The van der Waals surface area contributed by atoms with Crippen LogP contribution in [0.4, 0.5) is 10.1 Å². The van der Waals surface area contributed by atoms with Crippen molar-refractivity contribution in [2.45, 2.75) is 11.3 Å². The van der Waals surface area contributed by atoms with Gasteiger partial charge in [0.2, 0.25) is 0 Å². The Balaban J connectivity index is 1.57. The van der Waals surface area contributed by atoms with E-state index >= 15 is 0 Å². The van der Waals surface area contributed by atoms with Crippen molar-refractivity contribution in [1.82, 2.24) is 0 Å². The summed E-state index contributed by atoms with van der Waals surface area (Å²) < 4.78 is 43.9. The Labute approximate surface area is 176 Å². The van der Waals surface area contributed by atoms with Gasteiger partial charge in [0.1, 0.15) is 11.6 Å². The Kier molecular flexibility index (Phi) is 5.54. The minimum atomic E-state index is -3.22.